The lowest BCUT2D eigenvalue weighted by atomic mass is 10.1. The molecule has 0 aromatic heterocycles. The molecule has 0 fully saturated rings. The molecule has 0 saturated carbocycles. The number of aryl methyl sites for hydroxylation is 1. The Labute approximate surface area is 116 Å². The highest BCUT2D eigenvalue weighted by atomic mass is 32.2. The highest BCUT2D eigenvalue weighted by molar-refractivity contribution is 7.89. The van der Waals surface area contributed by atoms with E-state index in [0.717, 1.165) is 11.1 Å². The standard InChI is InChI=1S/C13H23N3O2S/c1-10-8-12(9-13(14)11(10)2)19(17,18)16(5)7-6-15(3)4/h8-9H,6-7,14H2,1-5H3. The summed E-state index contributed by atoms with van der Waals surface area (Å²) < 4.78 is 26.2. The fraction of sp³-hybridized carbons (Fsp3) is 0.538. The van der Waals surface area contributed by atoms with E-state index in [9.17, 15) is 8.42 Å². The summed E-state index contributed by atoms with van der Waals surface area (Å²) in [5.74, 6) is 0. The number of hydrogen-bond acceptors (Lipinski definition) is 4. The van der Waals surface area contributed by atoms with Crippen LogP contribution in [-0.2, 0) is 10.0 Å². The van der Waals surface area contributed by atoms with Crippen molar-refractivity contribution in [2.24, 2.45) is 0 Å². The Balaban J connectivity index is 3.07. The first kappa shape index (κ1) is 15.9. The molecular weight excluding hydrogens is 262 g/mol. The van der Waals surface area contributed by atoms with Gasteiger partial charge in [0, 0.05) is 25.8 Å². The number of sulfonamides is 1. The average Bonchev–Trinajstić information content (AvgIpc) is 2.31. The van der Waals surface area contributed by atoms with Crippen LogP contribution in [0.3, 0.4) is 0 Å². The lowest BCUT2D eigenvalue weighted by Gasteiger charge is -2.20. The molecule has 0 aliphatic heterocycles. The summed E-state index contributed by atoms with van der Waals surface area (Å²) in [5, 5.41) is 0. The van der Waals surface area contributed by atoms with Crippen molar-refractivity contribution in [2.75, 3.05) is 40.0 Å². The van der Waals surface area contributed by atoms with Crippen molar-refractivity contribution in [2.45, 2.75) is 18.7 Å². The van der Waals surface area contributed by atoms with Gasteiger partial charge in [0.2, 0.25) is 10.0 Å². The summed E-state index contributed by atoms with van der Waals surface area (Å²) in [6.07, 6.45) is 0. The normalized spacial score (nSPS) is 12.4. The molecule has 5 nitrogen and oxygen atoms in total. The Bertz CT molecular complexity index is 530. The molecule has 0 heterocycles. The van der Waals surface area contributed by atoms with E-state index < -0.39 is 10.0 Å². The molecular formula is C13H23N3O2S. The first-order chi connectivity index (χ1) is 8.66. The molecule has 1 aromatic carbocycles. The van der Waals surface area contributed by atoms with Gasteiger partial charge in [-0.25, -0.2) is 8.42 Å². The number of anilines is 1. The van der Waals surface area contributed by atoms with Crippen LogP contribution >= 0.6 is 0 Å². The van der Waals surface area contributed by atoms with E-state index in [1.807, 2.05) is 32.8 Å². The number of benzene rings is 1. The van der Waals surface area contributed by atoms with E-state index in [1.54, 1.807) is 13.1 Å². The summed E-state index contributed by atoms with van der Waals surface area (Å²) >= 11 is 0. The van der Waals surface area contributed by atoms with Crippen molar-refractivity contribution in [3.05, 3.63) is 23.3 Å². The third-order valence-electron chi connectivity index (χ3n) is 3.25. The molecule has 0 radical (unpaired) electrons. The van der Waals surface area contributed by atoms with Gasteiger partial charge in [-0.2, -0.15) is 4.31 Å². The zero-order chi connectivity index (χ0) is 14.8. The van der Waals surface area contributed by atoms with Crippen LogP contribution in [0.25, 0.3) is 0 Å². The van der Waals surface area contributed by atoms with Crippen LogP contribution in [-0.4, -0.2) is 51.9 Å². The third-order valence-corrected chi connectivity index (χ3v) is 5.09. The van der Waals surface area contributed by atoms with Crippen molar-refractivity contribution < 1.29 is 8.42 Å². The molecule has 0 amide bonds. The van der Waals surface area contributed by atoms with Crippen LogP contribution in [0.15, 0.2) is 17.0 Å². The summed E-state index contributed by atoms with van der Waals surface area (Å²) in [6, 6.07) is 3.21. The minimum Gasteiger partial charge on any atom is -0.398 e. The van der Waals surface area contributed by atoms with E-state index >= 15 is 0 Å². The van der Waals surface area contributed by atoms with Gasteiger partial charge in [0.25, 0.3) is 0 Å². The van der Waals surface area contributed by atoms with Crippen LogP contribution in [0.2, 0.25) is 0 Å². The number of nitrogens with two attached hydrogens (primary N) is 1. The van der Waals surface area contributed by atoms with Gasteiger partial charge in [-0.15, -0.1) is 0 Å². The SMILES string of the molecule is Cc1cc(S(=O)(=O)N(C)CCN(C)C)cc(N)c1C. The lowest BCUT2D eigenvalue weighted by Crippen LogP contribution is -2.33. The van der Waals surface area contributed by atoms with Crippen LogP contribution in [0.5, 0.6) is 0 Å². The van der Waals surface area contributed by atoms with Crippen molar-refractivity contribution in [3.63, 3.8) is 0 Å². The fourth-order valence-corrected chi connectivity index (χ4v) is 2.93. The number of hydrogen-bond donors (Lipinski definition) is 1. The molecule has 6 heteroatoms. The van der Waals surface area contributed by atoms with Gasteiger partial charge in [0.05, 0.1) is 4.90 Å². The van der Waals surface area contributed by atoms with E-state index in [4.69, 9.17) is 5.73 Å². The van der Waals surface area contributed by atoms with Gasteiger partial charge in [0.15, 0.2) is 0 Å². The maximum Gasteiger partial charge on any atom is 0.242 e. The van der Waals surface area contributed by atoms with Gasteiger partial charge >= 0.3 is 0 Å². The summed E-state index contributed by atoms with van der Waals surface area (Å²) in [7, 11) is 1.94. The predicted molar refractivity (Wildman–Crippen MR) is 78.7 cm³/mol. The van der Waals surface area contributed by atoms with Crippen LogP contribution in [0, 0.1) is 13.8 Å². The molecule has 2 N–H and O–H groups in total. The van der Waals surface area contributed by atoms with Gasteiger partial charge < -0.3 is 10.6 Å². The van der Waals surface area contributed by atoms with Gasteiger partial charge in [-0.05, 0) is 51.2 Å². The van der Waals surface area contributed by atoms with Crippen molar-refractivity contribution in [1.29, 1.82) is 0 Å². The lowest BCUT2D eigenvalue weighted by molar-refractivity contribution is 0.358. The zero-order valence-corrected chi connectivity index (χ0v) is 13.1. The second kappa shape index (κ2) is 5.90. The van der Waals surface area contributed by atoms with Crippen LogP contribution in [0.4, 0.5) is 5.69 Å². The highest BCUT2D eigenvalue weighted by Crippen LogP contribution is 2.23. The Morgan fingerprint density at radius 3 is 2.16 bits per heavy atom. The maximum atomic E-state index is 12.4. The molecule has 0 bridgehead atoms. The van der Waals surface area contributed by atoms with E-state index in [0.29, 0.717) is 18.8 Å². The van der Waals surface area contributed by atoms with Crippen molar-refractivity contribution in [3.8, 4) is 0 Å². The molecule has 1 rings (SSSR count). The smallest absolute Gasteiger partial charge is 0.242 e. The molecule has 108 valence electrons. The second-order valence-corrected chi connectivity index (χ2v) is 7.13. The maximum absolute atomic E-state index is 12.4. The van der Waals surface area contributed by atoms with E-state index in [1.165, 1.54) is 10.4 Å². The quantitative estimate of drug-likeness (QED) is 0.822. The third kappa shape index (κ3) is 3.68. The van der Waals surface area contributed by atoms with Gasteiger partial charge in [-0.1, -0.05) is 0 Å². The molecule has 1 aromatic rings. The molecule has 19 heavy (non-hydrogen) atoms. The molecule has 0 spiro atoms. The largest absolute Gasteiger partial charge is 0.398 e. The van der Waals surface area contributed by atoms with Crippen molar-refractivity contribution >= 4 is 15.7 Å². The number of nitrogens with zero attached hydrogens (tertiary/aromatic N) is 2. The predicted octanol–water partition coefficient (Wildman–Crippen LogP) is 1.07. The molecule has 0 unspecified atom stereocenters. The minimum absolute atomic E-state index is 0.259. The molecule has 0 saturated heterocycles. The minimum atomic E-state index is -3.47. The number of rotatable bonds is 5. The summed E-state index contributed by atoms with van der Waals surface area (Å²) in [6.45, 7) is 4.87. The number of nitrogen functional groups attached to an aromatic ring is 1. The fourth-order valence-electron chi connectivity index (χ4n) is 1.64. The summed E-state index contributed by atoms with van der Waals surface area (Å²) in [4.78, 5) is 2.20. The topological polar surface area (TPSA) is 66.6 Å². The Hall–Kier alpha value is -1.11. The molecule has 0 aliphatic carbocycles. The Morgan fingerprint density at radius 1 is 1.11 bits per heavy atom. The Morgan fingerprint density at radius 2 is 1.68 bits per heavy atom. The van der Waals surface area contributed by atoms with E-state index in [2.05, 4.69) is 0 Å². The first-order valence-corrected chi connectivity index (χ1v) is 7.58. The summed E-state index contributed by atoms with van der Waals surface area (Å²) in [5.41, 5.74) is 8.18. The average molecular weight is 285 g/mol. The Kier molecular flexibility index (Phi) is 4.95. The molecule has 0 atom stereocenters. The number of likely N-dealkylation sites (N-methyl/N-ethyl adjacent to an activating group) is 2. The van der Waals surface area contributed by atoms with Crippen LogP contribution < -0.4 is 5.73 Å². The highest BCUT2D eigenvalue weighted by Gasteiger charge is 2.21. The molecule has 0 aliphatic rings. The zero-order valence-electron chi connectivity index (χ0n) is 12.3. The van der Waals surface area contributed by atoms with Crippen molar-refractivity contribution in [1.82, 2.24) is 9.21 Å². The van der Waals surface area contributed by atoms with Gasteiger partial charge in [0.1, 0.15) is 0 Å². The second-order valence-electron chi connectivity index (χ2n) is 5.08. The van der Waals surface area contributed by atoms with Crippen LogP contribution in [0.1, 0.15) is 11.1 Å². The monoisotopic (exact) mass is 285 g/mol. The first-order valence-electron chi connectivity index (χ1n) is 6.14. The van der Waals surface area contributed by atoms with E-state index in [-0.39, 0.29) is 4.90 Å². The van der Waals surface area contributed by atoms with Gasteiger partial charge in [-0.3, -0.25) is 0 Å².